The van der Waals surface area contributed by atoms with E-state index >= 15 is 0 Å². The topological polar surface area (TPSA) is 66.6 Å². The number of phenolic OH excluding ortho intramolecular Hbond substituents is 1. The van der Waals surface area contributed by atoms with E-state index < -0.39 is 0 Å². The highest BCUT2D eigenvalue weighted by atomic mass is 16.3. The number of carbonyl (C=O) groups excluding carboxylic acids is 1. The van der Waals surface area contributed by atoms with Gasteiger partial charge in [-0.1, -0.05) is 12.1 Å². The maximum Gasteiger partial charge on any atom is 0.227 e. The van der Waals surface area contributed by atoms with Crippen molar-refractivity contribution in [2.75, 3.05) is 17.7 Å². The van der Waals surface area contributed by atoms with Gasteiger partial charge in [0.1, 0.15) is 5.75 Å². The lowest BCUT2D eigenvalue weighted by molar-refractivity contribution is -0.118. The molecule has 0 bridgehead atoms. The van der Waals surface area contributed by atoms with Gasteiger partial charge in [-0.2, -0.15) is 0 Å². The van der Waals surface area contributed by atoms with Crippen LogP contribution in [0.15, 0.2) is 48.5 Å². The molecule has 0 radical (unpaired) electrons. The normalized spacial score (nSPS) is 10.2. The van der Waals surface area contributed by atoms with Crippen LogP contribution in [0.3, 0.4) is 0 Å². The molecule has 4 nitrogen and oxygen atoms in total. The van der Waals surface area contributed by atoms with Crippen LogP contribution in [0.1, 0.15) is 12.0 Å². The zero-order valence-electron chi connectivity index (χ0n) is 11.4. The van der Waals surface area contributed by atoms with Gasteiger partial charge in [0.05, 0.1) is 0 Å². The second-order valence-electron chi connectivity index (χ2n) is 4.71. The first-order valence-corrected chi connectivity index (χ1v) is 6.46. The Bertz CT molecular complexity index is 576. The zero-order valence-corrected chi connectivity index (χ0v) is 11.4. The summed E-state index contributed by atoms with van der Waals surface area (Å²) in [5.74, 6) is 0.226. The first kappa shape index (κ1) is 13.9. The number of hydrogen-bond donors (Lipinski definition) is 2. The number of hydrogen-bond acceptors (Lipinski definition) is 3. The molecule has 2 rings (SSSR count). The summed E-state index contributed by atoms with van der Waals surface area (Å²) in [4.78, 5) is 13.7. The molecule has 1 amide bonds. The Morgan fingerprint density at radius 1 is 1.10 bits per heavy atom. The Labute approximate surface area is 118 Å². The Morgan fingerprint density at radius 2 is 1.70 bits per heavy atom. The van der Waals surface area contributed by atoms with Gasteiger partial charge in [-0.15, -0.1) is 0 Å². The lowest BCUT2D eigenvalue weighted by atomic mass is 10.1. The van der Waals surface area contributed by atoms with Crippen LogP contribution in [0.5, 0.6) is 5.75 Å². The molecule has 20 heavy (non-hydrogen) atoms. The van der Waals surface area contributed by atoms with Crippen LogP contribution in [0.4, 0.5) is 11.4 Å². The molecule has 0 spiro atoms. The summed E-state index contributed by atoms with van der Waals surface area (Å²) in [5.41, 5.74) is 8.20. The number of anilines is 2. The van der Waals surface area contributed by atoms with Gasteiger partial charge in [-0.25, -0.2) is 0 Å². The molecule has 0 aliphatic rings. The van der Waals surface area contributed by atoms with E-state index in [-0.39, 0.29) is 11.7 Å². The summed E-state index contributed by atoms with van der Waals surface area (Å²) in [5, 5.41) is 9.24. The predicted molar refractivity (Wildman–Crippen MR) is 80.7 cm³/mol. The van der Waals surface area contributed by atoms with Crippen molar-refractivity contribution in [1.29, 1.82) is 0 Å². The number of carbonyl (C=O) groups is 1. The number of nitrogen functional groups attached to an aromatic ring is 1. The van der Waals surface area contributed by atoms with Crippen molar-refractivity contribution in [3.8, 4) is 5.75 Å². The number of benzene rings is 2. The van der Waals surface area contributed by atoms with Crippen molar-refractivity contribution < 1.29 is 9.90 Å². The molecular weight excluding hydrogens is 252 g/mol. The second-order valence-corrected chi connectivity index (χ2v) is 4.71. The fourth-order valence-corrected chi connectivity index (χ4v) is 1.92. The first-order chi connectivity index (χ1) is 9.56. The lowest BCUT2D eigenvalue weighted by Crippen LogP contribution is -2.26. The van der Waals surface area contributed by atoms with Crippen LogP contribution in [0.25, 0.3) is 0 Å². The fraction of sp³-hybridized carbons (Fsp3) is 0.188. The number of nitrogens with zero attached hydrogens (tertiary/aromatic N) is 1. The van der Waals surface area contributed by atoms with Crippen molar-refractivity contribution in [2.24, 2.45) is 0 Å². The van der Waals surface area contributed by atoms with E-state index in [1.807, 2.05) is 24.3 Å². The molecule has 104 valence electrons. The highest BCUT2D eigenvalue weighted by Crippen LogP contribution is 2.18. The van der Waals surface area contributed by atoms with E-state index in [4.69, 9.17) is 5.73 Å². The third-order valence-corrected chi connectivity index (χ3v) is 3.22. The van der Waals surface area contributed by atoms with Crippen molar-refractivity contribution in [1.82, 2.24) is 0 Å². The summed E-state index contributed by atoms with van der Waals surface area (Å²) < 4.78 is 0. The standard InChI is InChI=1S/C16H18N2O2/c1-18(14-7-9-15(19)10-8-14)16(20)11-4-12-2-5-13(17)6-3-12/h2-3,5-10,19H,4,11,17H2,1H3. The molecule has 3 N–H and O–H groups in total. The predicted octanol–water partition coefficient (Wildman–Crippen LogP) is 2.57. The molecule has 4 heteroatoms. The molecule has 0 saturated carbocycles. The summed E-state index contributed by atoms with van der Waals surface area (Å²) in [6.45, 7) is 0. The van der Waals surface area contributed by atoms with Crippen molar-refractivity contribution in [3.05, 3.63) is 54.1 Å². The molecule has 0 saturated heterocycles. The molecule has 0 aliphatic heterocycles. The number of rotatable bonds is 4. The maximum atomic E-state index is 12.1. The number of aryl methyl sites for hydroxylation is 1. The van der Waals surface area contributed by atoms with Gasteiger partial charge >= 0.3 is 0 Å². The molecule has 0 atom stereocenters. The number of amides is 1. The number of nitrogens with two attached hydrogens (primary N) is 1. The van der Waals surface area contributed by atoms with Gasteiger partial charge in [0.15, 0.2) is 0 Å². The van der Waals surface area contributed by atoms with E-state index in [1.54, 1.807) is 36.2 Å². The quantitative estimate of drug-likeness (QED) is 0.839. The smallest absolute Gasteiger partial charge is 0.227 e. The molecule has 0 aliphatic carbocycles. The monoisotopic (exact) mass is 270 g/mol. The van der Waals surface area contributed by atoms with Crippen molar-refractivity contribution in [2.45, 2.75) is 12.8 Å². The molecule has 0 unspecified atom stereocenters. The van der Waals surface area contributed by atoms with Crippen LogP contribution in [0.2, 0.25) is 0 Å². The SMILES string of the molecule is CN(C(=O)CCc1ccc(N)cc1)c1ccc(O)cc1. The molecule has 0 heterocycles. The van der Waals surface area contributed by atoms with Crippen LogP contribution in [-0.4, -0.2) is 18.1 Å². The van der Waals surface area contributed by atoms with Crippen LogP contribution >= 0.6 is 0 Å². The van der Waals surface area contributed by atoms with Crippen LogP contribution < -0.4 is 10.6 Å². The Balaban J connectivity index is 1.94. The fourth-order valence-electron chi connectivity index (χ4n) is 1.92. The Hall–Kier alpha value is -2.49. The van der Waals surface area contributed by atoms with Gasteiger partial charge in [0.25, 0.3) is 0 Å². The molecule has 2 aromatic rings. The van der Waals surface area contributed by atoms with E-state index in [0.717, 1.165) is 16.9 Å². The summed E-state index contributed by atoms with van der Waals surface area (Å²) in [7, 11) is 1.73. The van der Waals surface area contributed by atoms with E-state index in [9.17, 15) is 9.90 Å². The number of aromatic hydroxyl groups is 1. The van der Waals surface area contributed by atoms with Crippen molar-refractivity contribution >= 4 is 17.3 Å². The minimum absolute atomic E-state index is 0.0347. The molecular formula is C16H18N2O2. The van der Waals surface area contributed by atoms with E-state index in [2.05, 4.69) is 0 Å². The Morgan fingerprint density at radius 3 is 2.30 bits per heavy atom. The number of phenols is 1. The van der Waals surface area contributed by atoms with Crippen LogP contribution in [-0.2, 0) is 11.2 Å². The molecule has 0 aromatic heterocycles. The van der Waals surface area contributed by atoms with Gasteiger partial charge in [0.2, 0.25) is 5.91 Å². The maximum absolute atomic E-state index is 12.1. The third kappa shape index (κ3) is 3.51. The second kappa shape index (κ2) is 6.10. The highest BCUT2D eigenvalue weighted by Gasteiger charge is 2.10. The average molecular weight is 270 g/mol. The largest absolute Gasteiger partial charge is 0.508 e. The van der Waals surface area contributed by atoms with Gasteiger partial charge < -0.3 is 15.7 Å². The molecule has 0 fully saturated rings. The first-order valence-electron chi connectivity index (χ1n) is 6.46. The lowest BCUT2D eigenvalue weighted by Gasteiger charge is -2.17. The third-order valence-electron chi connectivity index (χ3n) is 3.22. The zero-order chi connectivity index (χ0) is 14.5. The van der Waals surface area contributed by atoms with Crippen molar-refractivity contribution in [3.63, 3.8) is 0 Å². The highest BCUT2D eigenvalue weighted by molar-refractivity contribution is 5.92. The van der Waals surface area contributed by atoms with Gasteiger partial charge in [-0.05, 0) is 48.4 Å². The summed E-state index contributed by atoms with van der Waals surface area (Å²) in [6, 6.07) is 14.1. The van der Waals surface area contributed by atoms with Crippen LogP contribution in [0, 0.1) is 0 Å². The summed E-state index contributed by atoms with van der Waals surface area (Å²) >= 11 is 0. The Kier molecular flexibility index (Phi) is 4.25. The minimum Gasteiger partial charge on any atom is -0.508 e. The molecule has 2 aromatic carbocycles. The van der Waals surface area contributed by atoms with Gasteiger partial charge in [-0.3, -0.25) is 4.79 Å². The van der Waals surface area contributed by atoms with E-state index in [0.29, 0.717) is 12.8 Å². The van der Waals surface area contributed by atoms with Gasteiger partial charge in [0, 0.05) is 24.8 Å². The minimum atomic E-state index is 0.0347. The average Bonchev–Trinajstić information content (AvgIpc) is 2.46. The summed E-state index contributed by atoms with van der Waals surface area (Å²) in [6.07, 6.45) is 1.11. The van der Waals surface area contributed by atoms with E-state index in [1.165, 1.54) is 0 Å².